The maximum Gasteiger partial charge on any atom is 0.244 e. The lowest BCUT2D eigenvalue weighted by atomic mass is 10.1. The van der Waals surface area contributed by atoms with Gasteiger partial charge in [0.1, 0.15) is 18.8 Å². The predicted molar refractivity (Wildman–Crippen MR) is 117 cm³/mol. The Morgan fingerprint density at radius 3 is 2.63 bits per heavy atom. The van der Waals surface area contributed by atoms with Gasteiger partial charge in [-0.3, -0.25) is 9.10 Å². The van der Waals surface area contributed by atoms with Crippen molar-refractivity contribution in [3.8, 4) is 11.5 Å². The molecule has 0 bridgehead atoms. The number of carbonyl (C=O) groups excluding carboxylic acids is 1. The van der Waals surface area contributed by atoms with Gasteiger partial charge in [-0.1, -0.05) is 36.7 Å². The third-order valence-electron chi connectivity index (χ3n) is 4.81. The molecular weight excluding hydrogens is 428 g/mol. The minimum atomic E-state index is -3.74. The van der Waals surface area contributed by atoms with E-state index < -0.39 is 22.0 Å². The first-order valence-electron chi connectivity index (χ1n) is 9.62. The predicted octanol–water partition coefficient (Wildman–Crippen LogP) is 3.15. The van der Waals surface area contributed by atoms with E-state index in [0.29, 0.717) is 27.8 Å². The van der Waals surface area contributed by atoms with Crippen molar-refractivity contribution < 1.29 is 22.7 Å². The molecule has 2 atom stereocenters. The number of aryl methyl sites for hydroxylation is 1. The molecular formula is C21H25ClN2O5S. The fourth-order valence-electron chi connectivity index (χ4n) is 3.35. The Labute approximate surface area is 182 Å². The zero-order valence-electron chi connectivity index (χ0n) is 17.1. The van der Waals surface area contributed by atoms with E-state index in [1.165, 1.54) is 0 Å². The number of para-hydroxylation sites is 2. The minimum absolute atomic E-state index is 0.190. The summed E-state index contributed by atoms with van der Waals surface area (Å²) in [7, 11) is -3.74. The van der Waals surface area contributed by atoms with Gasteiger partial charge in [0.05, 0.1) is 18.5 Å². The molecule has 0 saturated carbocycles. The van der Waals surface area contributed by atoms with Gasteiger partial charge < -0.3 is 14.8 Å². The molecule has 0 aliphatic carbocycles. The van der Waals surface area contributed by atoms with Gasteiger partial charge in [-0.05, 0) is 43.2 Å². The molecule has 2 aromatic rings. The molecule has 2 aromatic carbocycles. The third-order valence-corrected chi connectivity index (χ3v) is 6.21. The van der Waals surface area contributed by atoms with E-state index in [9.17, 15) is 13.2 Å². The second-order valence-electron chi connectivity index (χ2n) is 7.16. The van der Waals surface area contributed by atoms with Crippen molar-refractivity contribution in [1.29, 1.82) is 0 Å². The van der Waals surface area contributed by atoms with Crippen LogP contribution in [0.15, 0.2) is 42.5 Å². The Morgan fingerprint density at radius 2 is 1.97 bits per heavy atom. The van der Waals surface area contributed by atoms with Crippen LogP contribution in [0.25, 0.3) is 0 Å². The van der Waals surface area contributed by atoms with E-state index in [1.54, 1.807) is 38.1 Å². The summed E-state index contributed by atoms with van der Waals surface area (Å²) in [5, 5.41) is 3.20. The lowest BCUT2D eigenvalue weighted by Gasteiger charge is -2.32. The highest BCUT2D eigenvalue weighted by Crippen LogP contribution is 2.31. The van der Waals surface area contributed by atoms with Crippen molar-refractivity contribution >= 4 is 33.2 Å². The molecule has 0 spiro atoms. The molecule has 1 aliphatic heterocycles. The summed E-state index contributed by atoms with van der Waals surface area (Å²) in [6.45, 7) is 4.02. The highest BCUT2D eigenvalue weighted by atomic mass is 35.5. The summed E-state index contributed by atoms with van der Waals surface area (Å²) in [4.78, 5) is 13.0. The highest BCUT2D eigenvalue weighted by Gasteiger charge is 2.33. The SMILES string of the molecule is CC[C@H](C(=O)NC[C@@H]1COc2ccccc2O1)N(c1cc(Cl)ccc1C)S(C)(=O)=O. The Kier molecular flexibility index (Phi) is 6.77. The molecule has 1 aliphatic rings. The maximum absolute atomic E-state index is 13.0. The Bertz CT molecular complexity index is 1030. The van der Waals surface area contributed by atoms with Crippen LogP contribution in [-0.2, 0) is 14.8 Å². The fraction of sp³-hybridized carbons (Fsp3) is 0.381. The summed E-state index contributed by atoms with van der Waals surface area (Å²) in [6.07, 6.45) is 0.995. The van der Waals surface area contributed by atoms with E-state index in [1.807, 2.05) is 18.2 Å². The molecule has 0 radical (unpaired) electrons. The van der Waals surface area contributed by atoms with Crippen LogP contribution in [0.5, 0.6) is 11.5 Å². The van der Waals surface area contributed by atoms with Crippen molar-refractivity contribution in [3.05, 3.63) is 53.1 Å². The summed E-state index contributed by atoms with van der Waals surface area (Å²) in [5.74, 6) is 0.860. The number of ether oxygens (including phenoxy) is 2. The van der Waals surface area contributed by atoms with E-state index in [0.717, 1.165) is 10.6 Å². The van der Waals surface area contributed by atoms with Crippen molar-refractivity contribution in [3.63, 3.8) is 0 Å². The first-order chi connectivity index (χ1) is 14.2. The zero-order chi connectivity index (χ0) is 21.9. The average Bonchev–Trinajstić information content (AvgIpc) is 2.71. The number of sulfonamides is 1. The Balaban J connectivity index is 1.76. The van der Waals surface area contributed by atoms with Crippen LogP contribution < -0.4 is 19.1 Å². The van der Waals surface area contributed by atoms with Crippen molar-refractivity contribution in [2.45, 2.75) is 32.4 Å². The molecule has 1 N–H and O–H groups in total. The molecule has 30 heavy (non-hydrogen) atoms. The maximum atomic E-state index is 13.0. The van der Waals surface area contributed by atoms with Gasteiger partial charge in [-0.2, -0.15) is 0 Å². The number of hydrogen-bond acceptors (Lipinski definition) is 5. The molecule has 1 amide bonds. The molecule has 7 nitrogen and oxygen atoms in total. The molecule has 162 valence electrons. The van der Waals surface area contributed by atoms with Crippen LogP contribution in [0.1, 0.15) is 18.9 Å². The van der Waals surface area contributed by atoms with Crippen LogP contribution in [0.4, 0.5) is 5.69 Å². The smallest absolute Gasteiger partial charge is 0.244 e. The Hall–Kier alpha value is -2.45. The van der Waals surface area contributed by atoms with Gasteiger partial charge in [-0.15, -0.1) is 0 Å². The molecule has 0 saturated heterocycles. The van der Waals surface area contributed by atoms with Gasteiger partial charge in [0.2, 0.25) is 15.9 Å². The number of hydrogen-bond donors (Lipinski definition) is 1. The number of anilines is 1. The Morgan fingerprint density at radius 1 is 1.27 bits per heavy atom. The number of fused-ring (bicyclic) bond motifs is 1. The van der Waals surface area contributed by atoms with Crippen molar-refractivity contribution in [2.24, 2.45) is 0 Å². The number of amides is 1. The average molecular weight is 453 g/mol. The fourth-order valence-corrected chi connectivity index (χ4v) is 4.78. The van der Waals surface area contributed by atoms with Crippen LogP contribution in [0, 0.1) is 6.92 Å². The molecule has 0 aromatic heterocycles. The number of rotatable bonds is 7. The van der Waals surface area contributed by atoms with Gasteiger partial charge >= 0.3 is 0 Å². The summed E-state index contributed by atoms with van der Waals surface area (Å²) in [5.41, 5.74) is 1.09. The highest BCUT2D eigenvalue weighted by molar-refractivity contribution is 7.92. The number of nitrogens with one attached hydrogen (secondary N) is 1. The number of carbonyl (C=O) groups is 1. The first-order valence-corrected chi connectivity index (χ1v) is 11.8. The number of benzene rings is 2. The van der Waals surface area contributed by atoms with Crippen molar-refractivity contribution in [2.75, 3.05) is 23.7 Å². The van der Waals surface area contributed by atoms with Crippen LogP contribution in [0.2, 0.25) is 5.02 Å². The molecule has 0 unspecified atom stereocenters. The molecule has 1 heterocycles. The quantitative estimate of drug-likeness (QED) is 0.697. The first kappa shape index (κ1) is 22.2. The second-order valence-corrected chi connectivity index (χ2v) is 9.45. The van der Waals surface area contributed by atoms with Gasteiger partial charge in [0.15, 0.2) is 11.5 Å². The van der Waals surface area contributed by atoms with Gasteiger partial charge in [0, 0.05) is 5.02 Å². The van der Waals surface area contributed by atoms with E-state index in [2.05, 4.69) is 5.32 Å². The lowest BCUT2D eigenvalue weighted by Crippen LogP contribution is -2.51. The van der Waals surface area contributed by atoms with Gasteiger partial charge in [0.25, 0.3) is 0 Å². The number of halogens is 1. The van der Waals surface area contributed by atoms with E-state index in [-0.39, 0.29) is 25.7 Å². The monoisotopic (exact) mass is 452 g/mol. The lowest BCUT2D eigenvalue weighted by molar-refractivity contribution is -0.122. The van der Waals surface area contributed by atoms with Crippen LogP contribution in [-0.4, -0.2) is 45.9 Å². The van der Waals surface area contributed by atoms with Crippen LogP contribution in [0.3, 0.4) is 0 Å². The topological polar surface area (TPSA) is 84.9 Å². The molecule has 0 fully saturated rings. The standard InChI is InChI=1S/C21H25ClN2O5S/c1-4-17(24(30(3,26)27)18-11-15(22)10-9-14(18)2)21(25)23-12-16-13-28-19-7-5-6-8-20(19)29-16/h5-11,16-17H,4,12-13H2,1-3H3,(H,23,25)/t16-,17-/m1/s1. The van der Waals surface area contributed by atoms with Crippen LogP contribution >= 0.6 is 11.6 Å². The summed E-state index contributed by atoms with van der Waals surface area (Å²) in [6, 6.07) is 11.4. The zero-order valence-corrected chi connectivity index (χ0v) is 18.7. The second kappa shape index (κ2) is 9.14. The van der Waals surface area contributed by atoms with Crippen molar-refractivity contribution in [1.82, 2.24) is 5.32 Å². The number of nitrogens with zero attached hydrogens (tertiary/aromatic N) is 1. The van der Waals surface area contributed by atoms with Gasteiger partial charge in [-0.25, -0.2) is 8.42 Å². The van der Waals surface area contributed by atoms with E-state index >= 15 is 0 Å². The summed E-state index contributed by atoms with van der Waals surface area (Å²) >= 11 is 6.09. The van der Waals surface area contributed by atoms with E-state index in [4.69, 9.17) is 21.1 Å². The molecule has 3 rings (SSSR count). The molecule has 9 heteroatoms. The normalized spacial score (nSPS) is 16.6. The largest absolute Gasteiger partial charge is 0.486 e. The minimum Gasteiger partial charge on any atom is -0.486 e. The third kappa shape index (κ3) is 4.99. The summed E-state index contributed by atoms with van der Waals surface area (Å²) < 4.78 is 37.9.